The van der Waals surface area contributed by atoms with Gasteiger partial charge in [0, 0.05) is 54.7 Å². The molecule has 31 heavy (non-hydrogen) atoms. The molecule has 6 nitrogen and oxygen atoms in total. The molecule has 5 rings (SSSR count). The van der Waals surface area contributed by atoms with E-state index in [1.807, 2.05) is 6.20 Å². The van der Waals surface area contributed by atoms with E-state index in [9.17, 15) is 0 Å². The Morgan fingerprint density at radius 1 is 1.10 bits per heavy atom. The van der Waals surface area contributed by atoms with Crippen LogP contribution in [0.25, 0.3) is 10.9 Å². The van der Waals surface area contributed by atoms with Crippen LogP contribution in [0.3, 0.4) is 0 Å². The quantitative estimate of drug-likeness (QED) is 0.624. The van der Waals surface area contributed by atoms with Gasteiger partial charge in [-0.15, -0.1) is 0 Å². The van der Waals surface area contributed by atoms with Crippen molar-refractivity contribution in [1.29, 1.82) is 0 Å². The van der Waals surface area contributed by atoms with Gasteiger partial charge in [0.2, 0.25) is 5.95 Å². The topological polar surface area (TPSA) is 62.3 Å². The molecule has 162 valence electrons. The van der Waals surface area contributed by atoms with Gasteiger partial charge in [-0.25, -0.2) is 9.97 Å². The highest BCUT2D eigenvalue weighted by Gasteiger charge is 2.25. The Bertz CT molecular complexity index is 1050. The number of rotatable bonds is 5. The van der Waals surface area contributed by atoms with Crippen molar-refractivity contribution >= 4 is 28.2 Å². The van der Waals surface area contributed by atoms with Gasteiger partial charge in [-0.1, -0.05) is 12.8 Å². The normalized spacial score (nSPS) is 17.3. The first-order valence-electron chi connectivity index (χ1n) is 11.4. The van der Waals surface area contributed by atoms with Crippen LogP contribution in [0.4, 0.5) is 17.3 Å². The molecule has 3 aromatic rings. The molecule has 1 aliphatic carbocycles. The predicted octanol–water partition coefficient (Wildman–Crippen LogP) is 4.76. The maximum atomic E-state index is 5.79. The molecule has 1 saturated carbocycles. The second-order valence-corrected chi connectivity index (χ2v) is 8.66. The molecular weight excluding hydrogens is 386 g/mol. The Morgan fingerprint density at radius 2 is 1.84 bits per heavy atom. The number of fused-ring (bicyclic) bond motifs is 1. The molecule has 0 amide bonds. The van der Waals surface area contributed by atoms with E-state index in [-0.39, 0.29) is 0 Å². The molecule has 0 atom stereocenters. The maximum Gasteiger partial charge on any atom is 0.227 e. The van der Waals surface area contributed by atoms with Gasteiger partial charge in [-0.3, -0.25) is 0 Å². The van der Waals surface area contributed by atoms with Crippen LogP contribution in [-0.4, -0.2) is 43.3 Å². The van der Waals surface area contributed by atoms with Gasteiger partial charge in [0.25, 0.3) is 0 Å². The van der Waals surface area contributed by atoms with Gasteiger partial charge in [-0.05, 0) is 61.6 Å². The molecule has 2 N–H and O–H groups in total. The predicted molar refractivity (Wildman–Crippen MR) is 127 cm³/mol. The van der Waals surface area contributed by atoms with Gasteiger partial charge in [0.05, 0.1) is 12.6 Å². The second-order valence-electron chi connectivity index (χ2n) is 8.66. The Labute approximate surface area is 184 Å². The lowest BCUT2D eigenvalue weighted by atomic mass is 9.92. The average molecular weight is 418 g/mol. The summed E-state index contributed by atoms with van der Waals surface area (Å²) in [6.07, 6.45) is 6.91. The number of piperazine rings is 1. The van der Waals surface area contributed by atoms with E-state index in [2.05, 4.69) is 57.8 Å². The smallest absolute Gasteiger partial charge is 0.227 e. The standard InChI is InChI=1S/C25H31N5O/c1-17-15-22(31-2)23(18-5-3-4-6-18)24-21(17)16-27-25(29-24)28-19-7-9-20(10-8-19)30-13-11-26-12-14-30/h7-10,15-16,18,26H,3-6,11-14H2,1-2H3,(H,27,28,29). The zero-order valence-electron chi connectivity index (χ0n) is 18.4. The molecule has 1 saturated heterocycles. The first-order valence-corrected chi connectivity index (χ1v) is 11.4. The van der Waals surface area contributed by atoms with Crippen molar-refractivity contribution in [1.82, 2.24) is 15.3 Å². The van der Waals surface area contributed by atoms with Crippen molar-refractivity contribution in [2.45, 2.75) is 38.5 Å². The van der Waals surface area contributed by atoms with Crippen molar-refractivity contribution in [2.24, 2.45) is 0 Å². The Morgan fingerprint density at radius 3 is 2.55 bits per heavy atom. The van der Waals surface area contributed by atoms with Gasteiger partial charge in [-0.2, -0.15) is 0 Å². The fraction of sp³-hybridized carbons (Fsp3) is 0.440. The van der Waals surface area contributed by atoms with E-state index in [1.165, 1.54) is 36.9 Å². The van der Waals surface area contributed by atoms with Crippen molar-refractivity contribution in [3.8, 4) is 5.75 Å². The van der Waals surface area contributed by atoms with E-state index in [4.69, 9.17) is 9.72 Å². The van der Waals surface area contributed by atoms with Crippen LogP contribution in [0.5, 0.6) is 5.75 Å². The fourth-order valence-corrected chi connectivity index (χ4v) is 4.99. The third-order valence-electron chi connectivity index (χ3n) is 6.67. The summed E-state index contributed by atoms with van der Waals surface area (Å²) in [6.45, 7) is 6.28. The molecule has 0 spiro atoms. The Balaban J connectivity index is 1.45. The molecule has 2 aliphatic rings. The van der Waals surface area contributed by atoms with Crippen LogP contribution in [-0.2, 0) is 0 Å². The van der Waals surface area contributed by atoms with E-state index >= 15 is 0 Å². The minimum Gasteiger partial charge on any atom is -0.496 e. The highest BCUT2D eigenvalue weighted by Crippen LogP contribution is 2.43. The lowest BCUT2D eigenvalue weighted by Gasteiger charge is -2.29. The van der Waals surface area contributed by atoms with E-state index in [1.54, 1.807) is 7.11 Å². The van der Waals surface area contributed by atoms with E-state index < -0.39 is 0 Å². The molecule has 2 heterocycles. The fourth-order valence-electron chi connectivity index (χ4n) is 4.99. The molecule has 1 aliphatic heterocycles. The number of nitrogens with one attached hydrogen (secondary N) is 2. The summed E-state index contributed by atoms with van der Waals surface area (Å²) < 4.78 is 5.79. The summed E-state index contributed by atoms with van der Waals surface area (Å²) in [5, 5.41) is 7.92. The number of nitrogens with zero attached hydrogens (tertiary/aromatic N) is 3. The number of anilines is 3. The number of aryl methyl sites for hydroxylation is 1. The Hall–Kier alpha value is -2.86. The summed E-state index contributed by atoms with van der Waals surface area (Å²) in [4.78, 5) is 12.0. The number of hydrogen-bond acceptors (Lipinski definition) is 6. The first kappa shape index (κ1) is 20.1. The lowest BCUT2D eigenvalue weighted by Crippen LogP contribution is -2.43. The largest absolute Gasteiger partial charge is 0.496 e. The zero-order chi connectivity index (χ0) is 21.2. The van der Waals surface area contributed by atoms with Crippen molar-refractivity contribution in [2.75, 3.05) is 43.5 Å². The minimum absolute atomic E-state index is 0.513. The Kier molecular flexibility index (Phi) is 5.64. The summed E-state index contributed by atoms with van der Waals surface area (Å²) in [7, 11) is 1.76. The SMILES string of the molecule is COc1cc(C)c2cnc(Nc3ccc(N4CCNCC4)cc3)nc2c1C1CCCC1. The molecule has 1 aromatic heterocycles. The van der Waals surface area contributed by atoms with Crippen molar-refractivity contribution < 1.29 is 4.74 Å². The molecule has 2 fully saturated rings. The van der Waals surface area contributed by atoms with E-state index in [0.29, 0.717) is 11.9 Å². The summed E-state index contributed by atoms with van der Waals surface area (Å²) in [6, 6.07) is 10.7. The van der Waals surface area contributed by atoms with Crippen LogP contribution >= 0.6 is 0 Å². The molecule has 0 bridgehead atoms. The lowest BCUT2D eigenvalue weighted by molar-refractivity contribution is 0.406. The molecule has 0 radical (unpaired) electrons. The van der Waals surface area contributed by atoms with Gasteiger partial charge < -0.3 is 20.3 Å². The molecule has 6 heteroatoms. The minimum atomic E-state index is 0.513. The van der Waals surface area contributed by atoms with Gasteiger partial charge in [0.1, 0.15) is 5.75 Å². The second kappa shape index (κ2) is 8.71. The summed E-state index contributed by atoms with van der Waals surface area (Å²) in [5.41, 5.74) is 5.69. The van der Waals surface area contributed by atoms with Crippen LogP contribution in [0.2, 0.25) is 0 Å². The molecule has 0 unspecified atom stereocenters. The van der Waals surface area contributed by atoms with Crippen molar-refractivity contribution in [3.05, 3.63) is 47.7 Å². The number of benzene rings is 2. The number of hydrogen-bond donors (Lipinski definition) is 2. The van der Waals surface area contributed by atoms with Crippen LogP contribution in [0, 0.1) is 6.92 Å². The highest BCUT2D eigenvalue weighted by atomic mass is 16.5. The van der Waals surface area contributed by atoms with Gasteiger partial charge in [0.15, 0.2) is 0 Å². The number of aromatic nitrogens is 2. The summed E-state index contributed by atoms with van der Waals surface area (Å²) in [5.74, 6) is 2.11. The monoisotopic (exact) mass is 417 g/mol. The number of methoxy groups -OCH3 is 1. The molecular formula is C25H31N5O. The van der Waals surface area contributed by atoms with Crippen LogP contribution in [0.1, 0.15) is 42.7 Å². The first-order chi connectivity index (χ1) is 15.2. The number of ether oxygens (including phenoxy) is 1. The van der Waals surface area contributed by atoms with Crippen LogP contribution < -0.4 is 20.3 Å². The van der Waals surface area contributed by atoms with Gasteiger partial charge >= 0.3 is 0 Å². The van der Waals surface area contributed by atoms with Crippen LogP contribution in [0.15, 0.2) is 36.5 Å². The third kappa shape index (κ3) is 4.04. The summed E-state index contributed by atoms with van der Waals surface area (Å²) >= 11 is 0. The molecule has 2 aromatic carbocycles. The highest BCUT2D eigenvalue weighted by molar-refractivity contribution is 5.88. The zero-order valence-corrected chi connectivity index (χ0v) is 18.4. The van der Waals surface area contributed by atoms with E-state index in [0.717, 1.165) is 54.1 Å². The average Bonchev–Trinajstić information content (AvgIpc) is 3.34. The third-order valence-corrected chi connectivity index (χ3v) is 6.67. The maximum absolute atomic E-state index is 5.79. The van der Waals surface area contributed by atoms with Crippen molar-refractivity contribution in [3.63, 3.8) is 0 Å².